The smallest absolute Gasteiger partial charge is 0.207 e. The minimum Gasteiger partial charge on any atom is -0.207 e. The number of hydrogen-bond acceptors (Lipinski definition) is 2. The normalized spacial score (nSPS) is 19.1. The number of halogens is 1. The molecule has 1 aliphatic rings. The zero-order valence-electron chi connectivity index (χ0n) is 15.0. The molecule has 1 aliphatic heterocycles. The Balaban J connectivity index is 1.65. The lowest BCUT2D eigenvalue weighted by molar-refractivity contribution is 0.406. The third kappa shape index (κ3) is 3.88. The number of nitrogens with zero attached hydrogens (tertiary/aromatic N) is 1. The molecule has 0 N–H and O–H groups in total. The van der Waals surface area contributed by atoms with Crippen LogP contribution in [0.4, 0.5) is 0 Å². The van der Waals surface area contributed by atoms with Crippen LogP contribution in [0, 0.1) is 0 Å². The molecule has 0 aromatic heterocycles. The Morgan fingerprint density at radius 2 is 1.63 bits per heavy atom. The van der Waals surface area contributed by atoms with Crippen LogP contribution in [0.2, 0.25) is 5.02 Å². The van der Waals surface area contributed by atoms with Crippen molar-refractivity contribution in [1.82, 2.24) is 4.31 Å². The van der Waals surface area contributed by atoms with E-state index in [-0.39, 0.29) is 5.92 Å². The van der Waals surface area contributed by atoms with Crippen molar-refractivity contribution in [2.45, 2.75) is 30.1 Å². The van der Waals surface area contributed by atoms with Crippen molar-refractivity contribution in [2.24, 2.45) is 0 Å². The van der Waals surface area contributed by atoms with E-state index in [1.54, 1.807) is 16.4 Å². The molecule has 1 saturated heterocycles. The van der Waals surface area contributed by atoms with Crippen LogP contribution in [0.5, 0.6) is 0 Å². The Kier molecular flexibility index (Phi) is 5.22. The van der Waals surface area contributed by atoms with E-state index in [1.165, 1.54) is 0 Å². The second-order valence-electron chi connectivity index (χ2n) is 7.12. The number of hydrogen-bond donors (Lipinski definition) is 0. The van der Waals surface area contributed by atoms with E-state index in [0.29, 0.717) is 23.0 Å². The summed E-state index contributed by atoms with van der Waals surface area (Å²) in [6.07, 6.45) is 2.90. The topological polar surface area (TPSA) is 37.4 Å². The number of sulfonamides is 1. The Morgan fingerprint density at radius 3 is 2.41 bits per heavy atom. The first-order valence-electron chi connectivity index (χ1n) is 9.28. The highest BCUT2D eigenvalue weighted by atomic mass is 35.5. The molecule has 5 heteroatoms. The molecule has 0 amide bonds. The third-order valence-corrected chi connectivity index (χ3v) is 7.45. The van der Waals surface area contributed by atoms with Gasteiger partial charge in [0.15, 0.2) is 0 Å². The minimum atomic E-state index is -3.52. The van der Waals surface area contributed by atoms with Gasteiger partial charge in [-0.3, -0.25) is 0 Å². The lowest BCUT2D eigenvalue weighted by Crippen LogP contribution is -2.34. The van der Waals surface area contributed by atoms with Gasteiger partial charge < -0.3 is 0 Å². The fourth-order valence-electron chi connectivity index (χ4n) is 3.81. The molecule has 0 saturated carbocycles. The highest BCUT2D eigenvalue weighted by molar-refractivity contribution is 7.89. The van der Waals surface area contributed by atoms with Crippen LogP contribution in [0.1, 0.15) is 30.7 Å². The highest BCUT2D eigenvalue weighted by Gasteiger charge is 2.29. The predicted molar refractivity (Wildman–Crippen MR) is 111 cm³/mol. The van der Waals surface area contributed by atoms with Gasteiger partial charge in [0.1, 0.15) is 0 Å². The maximum absolute atomic E-state index is 13.3. The summed E-state index contributed by atoms with van der Waals surface area (Å²) in [5.74, 6) is 0.194. The van der Waals surface area contributed by atoms with Crippen LogP contribution >= 0.6 is 11.6 Å². The predicted octanol–water partition coefficient (Wildman–Crippen LogP) is 5.45. The van der Waals surface area contributed by atoms with E-state index in [0.717, 1.165) is 35.6 Å². The van der Waals surface area contributed by atoms with Crippen LogP contribution in [0.25, 0.3) is 10.8 Å². The average Bonchev–Trinajstić information content (AvgIpc) is 2.95. The monoisotopic (exact) mass is 399 g/mol. The zero-order valence-corrected chi connectivity index (χ0v) is 16.6. The van der Waals surface area contributed by atoms with Gasteiger partial charge in [-0.25, -0.2) is 8.42 Å². The molecular weight excluding hydrogens is 378 g/mol. The van der Waals surface area contributed by atoms with Gasteiger partial charge in [-0.05, 0) is 59.4 Å². The van der Waals surface area contributed by atoms with Crippen LogP contribution in [-0.4, -0.2) is 25.8 Å². The Morgan fingerprint density at radius 1 is 0.889 bits per heavy atom. The van der Waals surface area contributed by atoms with Gasteiger partial charge in [-0.15, -0.1) is 0 Å². The molecule has 1 unspecified atom stereocenters. The summed E-state index contributed by atoms with van der Waals surface area (Å²) in [4.78, 5) is 0.373. The van der Waals surface area contributed by atoms with Crippen LogP contribution < -0.4 is 0 Å². The third-order valence-electron chi connectivity index (χ3n) is 5.33. The summed E-state index contributed by atoms with van der Waals surface area (Å²) in [5, 5.41) is 2.70. The number of rotatable bonds is 3. The van der Waals surface area contributed by atoms with E-state index in [1.807, 2.05) is 54.6 Å². The second-order valence-corrected chi connectivity index (χ2v) is 9.49. The molecular formula is C22H22ClNO2S. The molecule has 0 spiro atoms. The van der Waals surface area contributed by atoms with Gasteiger partial charge in [0.25, 0.3) is 0 Å². The molecule has 1 atom stereocenters. The maximum atomic E-state index is 13.3. The highest BCUT2D eigenvalue weighted by Crippen LogP contribution is 2.31. The summed E-state index contributed by atoms with van der Waals surface area (Å²) < 4.78 is 28.3. The van der Waals surface area contributed by atoms with Gasteiger partial charge in [0.2, 0.25) is 10.0 Å². The van der Waals surface area contributed by atoms with Crippen molar-refractivity contribution >= 4 is 32.4 Å². The van der Waals surface area contributed by atoms with Crippen molar-refractivity contribution in [3.05, 3.63) is 77.3 Å². The van der Waals surface area contributed by atoms with E-state index in [2.05, 4.69) is 0 Å². The summed E-state index contributed by atoms with van der Waals surface area (Å²) in [7, 11) is -3.52. The molecule has 3 nitrogen and oxygen atoms in total. The van der Waals surface area contributed by atoms with Crippen LogP contribution in [0.3, 0.4) is 0 Å². The SMILES string of the molecule is O=S(=O)(c1ccc2ccccc2c1)N1CCCCC(c2ccc(Cl)cc2)C1. The first kappa shape index (κ1) is 18.5. The molecule has 0 bridgehead atoms. The van der Waals surface area contributed by atoms with Gasteiger partial charge >= 0.3 is 0 Å². The molecule has 0 aliphatic carbocycles. The molecule has 3 aromatic carbocycles. The van der Waals surface area contributed by atoms with Crippen molar-refractivity contribution in [3.8, 4) is 0 Å². The molecule has 4 rings (SSSR count). The van der Waals surface area contributed by atoms with Crippen molar-refractivity contribution in [1.29, 1.82) is 0 Å². The van der Waals surface area contributed by atoms with Gasteiger partial charge in [0.05, 0.1) is 4.90 Å². The fourth-order valence-corrected chi connectivity index (χ4v) is 5.50. The Bertz CT molecular complexity index is 1050. The molecule has 27 heavy (non-hydrogen) atoms. The minimum absolute atomic E-state index is 0.194. The standard InChI is InChI=1S/C22H22ClNO2S/c23-21-11-8-18(9-12-21)20-7-3-4-14-24(16-20)27(25,26)22-13-10-17-5-1-2-6-19(17)15-22/h1-2,5-6,8-13,15,20H,3-4,7,14,16H2. The van der Waals surface area contributed by atoms with Crippen LogP contribution in [-0.2, 0) is 10.0 Å². The fraction of sp³-hybridized carbons (Fsp3) is 0.273. The van der Waals surface area contributed by atoms with Gasteiger partial charge in [-0.2, -0.15) is 4.31 Å². The Hall–Kier alpha value is -1.88. The molecule has 140 valence electrons. The number of fused-ring (bicyclic) bond motifs is 1. The number of benzene rings is 3. The van der Waals surface area contributed by atoms with Crippen molar-refractivity contribution < 1.29 is 8.42 Å². The zero-order chi connectivity index (χ0) is 18.9. The van der Waals surface area contributed by atoms with E-state index in [9.17, 15) is 8.42 Å². The Labute approximate surface area is 165 Å². The van der Waals surface area contributed by atoms with Crippen molar-refractivity contribution in [2.75, 3.05) is 13.1 Å². The largest absolute Gasteiger partial charge is 0.243 e. The van der Waals surface area contributed by atoms with Gasteiger partial charge in [-0.1, -0.05) is 60.5 Å². The van der Waals surface area contributed by atoms with Gasteiger partial charge in [0, 0.05) is 18.1 Å². The lowest BCUT2D eigenvalue weighted by atomic mass is 9.95. The van der Waals surface area contributed by atoms with E-state index in [4.69, 9.17) is 11.6 Å². The van der Waals surface area contributed by atoms with Crippen molar-refractivity contribution in [3.63, 3.8) is 0 Å². The van der Waals surface area contributed by atoms with E-state index < -0.39 is 10.0 Å². The summed E-state index contributed by atoms with van der Waals surface area (Å²) in [6, 6.07) is 21.0. The second kappa shape index (κ2) is 7.63. The molecule has 3 aromatic rings. The van der Waals surface area contributed by atoms with E-state index >= 15 is 0 Å². The molecule has 0 radical (unpaired) electrons. The summed E-state index contributed by atoms with van der Waals surface area (Å²) in [6.45, 7) is 1.08. The average molecular weight is 400 g/mol. The first-order valence-corrected chi connectivity index (χ1v) is 11.1. The maximum Gasteiger partial charge on any atom is 0.243 e. The summed E-state index contributed by atoms with van der Waals surface area (Å²) >= 11 is 6.01. The quantitative estimate of drug-likeness (QED) is 0.587. The molecule has 1 heterocycles. The van der Waals surface area contributed by atoms with Crippen LogP contribution in [0.15, 0.2) is 71.6 Å². The lowest BCUT2D eigenvalue weighted by Gasteiger charge is -2.24. The summed E-state index contributed by atoms with van der Waals surface area (Å²) in [5.41, 5.74) is 1.15. The molecule has 1 fully saturated rings. The first-order chi connectivity index (χ1) is 13.0.